The van der Waals surface area contributed by atoms with Crippen LogP contribution in [0, 0.1) is 0 Å². The standard InChI is InChI=1S/C21H21N3O4S/c22-21(27)14-9-11-15(12-10-14)23-18(25)13-28-20(26)8-4-3-7-19-24-16-5-1-2-6-17(16)29-19/h1-2,5-6,9-12H,3-4,7-8,13H2,(H2,22,27)(H,23,25). The average molecular weight is 411 g/mol. The highest BCUT2D eigenvalue weighted by molar-refractivity contribution is 7.18. The van der Waals surface area contributed by atoms with Gasteiger partial charge in [-0.25, -0.2) is 4.98 Å². The number of carbonyl (C=O) groups is 3. The number of para-hydroxylation sites is 1. The van der Waals surface area contributed by atoms with Crippen molar-refractivity contribution in [2.75, 3.05) is 11.9 Å². The Kier molecular flexibility index (Phi) is 6.91. The molecule has 0 saturated heterocycles. The average Bonchev–Trinajstić information content (AvgIpc) is 3.13. The summed E-state index contributed by atoms with van der Waals surface area (Å²) in [5.41, 5.74) is 7.00. The van der Waals surface area contributed by atoms with Crippen molar-refractivity contribution in [2.45, 2.75) is 25.7 Å². The zero-order valence-electron chi connectivity index (χ0n) is 15.7. The van der Waals surface area contributed by atoms with E-state index in [1.807, 2.05) is 24.3 Å². The Hall–Kier alpha value is -3.26. The third-order valence-corrected chi connectivity index (χ3v) is 5.27. The number of nitrogens with zero attached hydrogens (tertiary/aromatic N) is 1. The molecule has 0 aliphatic carbocycles. The number of aromatic nitrogens is 1. The van der Waals surface area contributed by atoms with E-state index in [0.29, 0.717) is 17.7 Å². The first kappa shape index (κ1) is 20.5. The molecule has 1 aromatic heterocycles. The van der Waals surface area contributed by atoms with Crippen LogP contribution in [-0.2, 0) is 20.7 Å². The predicted molar refractivity (Wildman–Crippen MR) is 112 cm³/mol. The van der Waals surface area contributed by atoms with Crippen LogP contribution in [0.3, 0.4) is 0 Å². The van der Waals surface area contributed by atoms with Crippen molar-refractivity contribution >= 4 is 45.0 Å². The summed E-state index contributed by atoms with van der Waals surface area (Å²) in [6, 6.07) is 14.1. The van der Waals surface area contributed by atoms with Gasteiger partial charge in [0, 0.05) is 17.7 Å². The van der Waals surface area contributed by atoms with E-state index in [0.717, 1.165) is 28.1 Å². The van der Waals surface area contributed by atoms with Crippen molar-refractivity contribution < 1.29 is 19.1 Å². The lowest BCUT2D eigenvalue weighted by molar-refractivity contribution is -0.147. The number of benzene rings is 2. The van der Waals surface area contributed by atoms with Crippen LogP contribution >= 0.6 is 11.3 Å². The molecule has 2 aromatic carbocycles. The summed E-state index contributed by atoms with van der Waals surface area (Å²) < 4.78 is 6.16. The number of anilines is 1. The molecule has 1 heterocycles. The van der Waals surface area contributed by atoms with Crippen LogP contribution in [0.25, 0.3) is 10.2 Å². The molecule has 2 amide bonds. The molecule has 3 N–H and O–H groups in total. The number of amides is 2. The van der Waals surface area contributed by atoms with Crippen LogP contribution in [0.2, 0.25) is 0 Å². The molecule has 29 heavy (non-hydrogen) atoms. The maximum absolute atomic E-state index is 11.8. The predicted octanol–water partition coefficient (Wildman–Crippen LogP) is 3.29. The molecule has 0 spiro atoms. The van der Waals surface area contributed by atoms with E-state index >= 15 is 0 Å². The fourth-order valence-corrected chi connectivity index (χ4v) is 3.71. The van der Waals surface area contributed by atoms with Gasteiger partial charge in [0.05, 0.1) is 15.2 Å². The Labute approximate surface area is 171 Å². The number of esters is 1. The second kappa shape index (κ2) is 9.79. The highest BCUT2D eigenvalue weighted by Gasteiger charge is 2.09. The Balaban J connectivity index is 1.33. The summed E-state index contributed by atoms with van der Waals surface area (Å²) >= 11 is 1.67. The summed E-state index contributed by atoms with van der Waals surface area (Å²) in [6.07, 6.45) is 2.57. The van der Waals surface area contributed by atoms with Crippen molar-refractivity contribution in [3.63, 3.8) is 0 Å². The first-order valence-electron chi connectivity index (χ1n) is 9.21. The molecule has 0 aliphatic rings. The number of hydrogen-bond donors (Lipinski definition) is 2. The van der Waals surface area contributed by atoms with Crippen LogP contribution in [0.1, 0.15) is 34.6 Å². The Bertz CT molecular complexity index is 981. The Morgan fingerprint density at radius 2 is 1.79 bits per heavy atom. The normalized spacial score (nSPS) is 10.6. The first-order valence-corrected chi connectivity index (χ1v) is 10.0. The molecule has 8 heteroatoms. The number of primary amides is 1. The smallest absolute Gasteiger partial charge is 0.306 e. The highest BCUT2D eigenvalue weighted by atomic mass is 32.1. The van der Waals surface area contributed by atoms with Gasteiger partial charge in [-0.15, -0.1) is 11.3 Å². The number of aryl methyl sites for hydroxylation is 1. The van der Waals surface area contributed by atoms with Crippen LogP contribution in [0.15, 0.2) is 48.5 Å². The molecule has 0 aliphatic heterocycles. The number of nitrogens with two attached hydrogens (primary N) is 1. The molecule has 0 fully saturated rings. The first-order chi connectivity index (χ1) is 14.0. The van der Waals surface area contributed by atoms with Gasteiger partial charge in [0.1, 0.15) is 0 Å². The van der Waals surface area contributed by atoms with Gasteiger partial charge in [0.2, 0.25) is 5.91 Å². The number of unbranched alkanes of at least 4 members (excludes halogenated alkanes) is 1. The van der Waals surface area contributed by atoms with Crippen molar-refractivity contribution in [3.8, 4) is 0 Å². The van der Waals surface area contributed by atoms with E-state index in [1.165, 1.54) is 12.1 Å². The molecule has 3 rings (SSSR count). The third kappa shape index (κ3) is 6.11. The fourth-order valence-electron chi connectivity index (χ4n) is 2.71. The summed E-state index contributed by atoms with van der Waals surface area (Å²) in [5, 5.41) is 3.65. The zero-order valence-corrected chi connectivity index (χ0v) is 16.5. The van der Waals surface area contributed by atoms with E-state index < -0.39 is 17.8 Å². The van der Waals surface area contributed by atoms with Gasteiger partial charge in [-0.05, 0) is 55.7 Å². The number of nitrogens with one attached hydrogen (secondary N) is 1. The van der Waals surface area contributed by atoms with Gasteiger partial charge < -0.3 is 15.8 Å². The number of rotatable bonds is 9. The van der Waals surface area contributed by atoms with E-state index in [4.69, 9.17) is 10.5 Å². The van der Waals surface area contributed by atoms with Gasteiger partial charge in [0.25, 0.3) is 5.91 Å². The largest absolute Gasteiger partial charge is 0.456 e. The van der Waals surface area contributed by atoms with Crippen LogP contribution < -0.4 is 11.1 Å². The number of thiazole rings is 1. The minimum Gasteiger partial charge on any atom is -0.456 e. The lowest BCUT2D eigenvalue weighted by Gasteiger charge is -2.07. The van der Waals surface area contributed by atoms with Gasteiger partial charge in [0.15, 0.2) is 6.61 Å². The quantitative estimate of drug-likeness (QED) is 0.415. The van der Waals surface area contributed by atoms with E-state index in [1.54, 1.807) is 23.5 Å². The Morgan fingerprint density at radius 3 is 2.52 bits per heavy atom. The molecule has 0 unspecified atom stereocenters. The molecular weight excluding hydrogens is 390 g/mol. The topological polar surface area (TPSA) is 111 Å². The van der Waals surface area contributed by atoms with Crippen molar-refractivity contribution in [1.29, 1.82) is 0 Å². The van der Waals surface area contributed by atoms with Crippen molar-refractivity contribution in [1.82, 2.24) is 4.98 Å². The number of carbonyl (C=O) groups excluding carboxylic acids is 3. The number of ether oxygens (including phenoxy) is 1. The van der Waals surface area contributed by atoms with Crippen LogP contribution in [0.4, 0.5) is 5.69 Å². The molecule has 0 atom stereocenters. The van der Waals surface area contributed by atoms with Gasteiger partial charge in [-0.1, -0.05) is 12.1 Å². The van der Waals surface area contributed by atoms with E-state index in [2.05, 4.69) is 10.3 Å². The minimum atomic E-state index is -0.542. The van der Waals surface area contributed by atoms with Crippen molar-refractivity contribution in [2.24, 2.45) is 5.73 Å². The minimum absolute atomic E-state index is 0.255. The molecule has 0 saturated carbocycles. The van der Waals surface area contributed by atoms with Gasteiger partial charge in [-0.3, -0.25) is 14.4 Å². The molecule has 150 valence electrons. The molecule has 0 bridgehead atoms. The molecular formula is C21H21N3O4S. The summed E-state index contributed by atoms with van der Waals surface area (Å²) in [5.74, 6) is -1.40. The van der Waals surface area contributed by atoms with Crippen molar-refractivity contribution in [3.05, 3.63) is 59.1 Å². The molecule has 0 radical (unpaired) electrons. The van der Waals surface area contributed by atoms with Gasteiger partial charge >= 0.3 is 5.97 Å². The number of hydrogen-bond acceptors (Lipinski definition) is 6. The second-order valence-corrected chi connectivity index (χ2v) is 7.55. The third-order valence-electron chi connectivity index (χ3n) is 4.18. The van der Waals surface area contributed by atoms with E-state index in [-0.39, 0.29) is 13.0 Å². The van der Waals surface area contributed by atoms with Gasteiger partial charge in [-0.2, -0.15) is 0 Å². The SMILES string of the molecule is NC(=O)c1ccc(NC(=O)COC(=O)CCCCc2nc3ccccc3s2)cc1. The summed E-state index contributed by atoms with van der Waals surface area (Å²) in [4.78, 5) is 39.2. The lowest BCUT2D eigenvalue weighted by atomic mass is 10.2. The van der Waals surface area contributed by atoms with E-state index in [9.17, 15) is 14.4 Å². The number of fused-ring (bicyclic) bond motifs is 1. The highest BCUT2D eigenvalue weighted by Crippen LogP contribution is 2.22. The monoisotopic (exact) mass is 411 g/mol. The maximum atomic E-state index is 11.8. The molecule has 7 nitrogen and oxygen atoms in total. The summed E-state index contributed by atoms with van der Waals surface area (Å²) in [6.45, 7) is -0.353. The fraction of sp³-hybridized carbons (Fsp3) is 0.238. The second-order valence-electron chi connectivity index (χ2n) is 6.43. The Morgan fingerprint density at radius 1 is 1.03 bits per heavy atom. The maximum Gasteiger partial charge on any atom is 0.306 e. The molecule has 3 aromatic rings. The summed E-state index contributed by atoms with van der Waals surface area (Å²) in [7, 11) is 0. The van der Waals surface area contributed by atoms with Crippen LogP contribution in [-0.4, -0.2) is 29.4 Å². The lowest BCUT2D eigenvalue weighted by Crippen LogP contribution is -2.21. The van der Waals surface area contributed by atoms with Crippen LogP contribution in [0.5, 0.6) is 0 Å². The zero-order chi connectivity index (χ0) is 20.6.